The molecule has 34 valence electrons. The minimum absolute atomic E-state index is 0. The highest BCUT2D eigenvalue weighted by Gasteiger charge is 1.68. The van der Waals surface area contributed by atoms with Crippen molar-refractivity contribution in [2.45, 2.75) is 20.8 Å². The van der Waals surface area contributed by atoms with Crippen molar-refractivity contribution in [2.24, 2.45) is 5.92 Å². The molecule has 0 aromatic heterocycles. The second kappa shape index (κ2) is 4.73. The summed E-state index contributed by atoms with van der Waals surface area (Å²) in [5.41, 5.74) is 0. The van der Waals surface area contributed by atoms with E-state index in [2.05, 4.69) is 20.8 Å². The molecule has 0 rings (SSSR count). The Labute approximate surface area is 51.0 Å². The van der Waals surface area contributed by atoms with Crippen LogP contribution in [0.4, 0.5) is 0 Å². The fraction of sp³-hybridized carbons (Fsp3) is 1.00. The van der Waals surface area contributed by atoms with Gasteiger partial charge < -0.3 is 24.0 Å². The van der Waals surface area contributed by atoms with E-state index in [0.717, 1.165) is 5.92 Å². The van der Waals surface area contributed by atoms with Crippen LogP contribution in [0.15, 0.2) is 0 Å². The number of rotatable bonds is 0. The molecule has 0 aliphatic carbocycles. The van der Waals surface area contributed by atoms with Crippen molar-refractivity contribution in [1.29, 1.82) is 0 Å². The van der Waals surface area contributed by atoms with E-state index in [1.165, 1.54) is 0 Å². The molecule has 0 atom stereocenters. The van der Waals surface area contributed by atoms with Gasteiger partial charge in [-0.2, -0.15) is 0 Å². The van der Waals surface area contributed by atoms with E-state index in [-0.39, 0.29) is 24.0 Å². The van der Waals surface area contributed by atoms with Crippen molar-refractivity contribution in [1.82, 2.24) is 0 Å². The summed E-state index contributed by atoms with van der Waals surface area (Å²) in [5.74, 6) is 0.833. The Hall–Kier alpha value is 0.730. The molecule has 0 nitrogen and oxygen atoms in total. The summed E-state index contributed by atoms with van der Waals surface area (Å²) in [7, 11) is 0. The Bertz CT molecular complexity index is 8.36. The molecule has 0 aliphatic heterocycles. The van der Waals surface area contributed by atoms with E-state index >= 15 is 0 Å². The fourth-order valence-electron chi connectivity index (χ4n) is 0. The lowest BCUT2D eigenvalue weighted by Gasteiger charge is -1.79. The molecule has 0 bridgehead atoms. The highest BCUT2D eigenvalue weighted by atomic mass is 127. The Morgan fingerprint density at radius 2 is 1.00 bits per heavy atom. The smallest absolute Gasteiger partial charge is 0.0500 e. The van der Waals surface area contributed by atoms with Crippen LogP contribution in [0.1, 0.15) is 20.8 Å². The van der Waals surface area contributed by atoms with Gasteiger partial charge >= 0.3 is 0 Å². The molecule has 0 radical (unpaired) electrons. The SMILES string of the molecule is CC(C)C.[I-]. The lowest BCUT2D eigenvalue weighted by atomic mass is 10.3. The van der Waals surface area contributed by atoms with Gasteiger partial charge in [-0.15, -0.1) is 0 Å². The van der Waals surface area contributed by atoms with Crippen LogP contribution in [-0.4, -0.2) is 0 Å². The summed E-state index contributed by atoms with van der Waals surface area (Å²) < 4.78 is 0. The minimum Gasteiger partial charge on any atom is -1.00 e. The molecular formula is C4H10I-. The van der Waals surface area contributed by atoms with Crippen molar-refractivity contribution in [3.63, 3.8) is 0 Å². The molecule has 0 fully saturated rings. The van der Waals surface area contributed by atoms with Gasteiger partial charge in [-0.25, -0.2) is 0 Å². The van der Waals surface area contributed by atoms with Gasteiger partial charge in [0.25, 0.3) is 0 Å². The molecule has 0 aromatic carbocycles. The van der Waals surface area contributed by atoms with Gasteiger partial charge in [0.2, 0.25) is 0 Å². The van der Waals surface area contributed by atoms with Gasteiger partial charge in [0.1, 0.15) is 0 Å². The molecule has 0 amide bonds. The zero-order valence-corrected chi connectivity index (χ0v) is 6.11. The van der Waals surface area contributed by atoms with Gasteiger partial charge in [0.15, 0.2) is 0 Å². The van der Waals surface area contributed by atoms with Crippen LogP contribution in [0.5, 0.6) is 0 Å². The molecule has 0 N–H and O–H groups in total. The third kappa shape index (κ3) is 66.2. The molecule has 0 saturated heterocycles. The van der Waals surface area contributed by atoms with Gasteiger partial charge in [0, 0.05) is 0 Å². The second-order valence-corrected chi connectivity index (χ2v) is 1.73. The van der Waals surface area contributed by atoms with Crippen LogP contribution in [0, 0.1) is 5.92 Å². The van der Waals surface area contributed by atoms with Crippen LogP contribution >= 0.6 is 0 Å². The van der Waals surface area contributed by atoms with E-state index in [1.54, 1.807) is 0 Å². The molecule has 0 spiro atoms. The van der Waals surface area contributed by atoms with E-state index in [9.17, 15) is 0 Å². The first-order chi connectivity index (χ1) is 1.73. The first-order valence-electron chi connectivity index (χ1n) is 1.73. The maximum atomic E-state index is 2.17. The average molecular weight is 185 g/mol. The summed E-state index contributed by atoms with van der Waals surface area (Å²) in [6, 6.07) is 0. The average Bonchev–Trinajstić information content (AvgIpc) is 0.811. The van der Waals surface area contributed by atoms with Crippen LogP contribution < -0.4 is 24.0 Å². The molecule has 0 aliphatic rings. The Kier molecular flexibility index (Phi) is 8.72. The zero-order chi connectivity index (χ0) is 3.58. The maximum absolute atomic E-state index is 2.17. The molecular weight excluding hydrogens is 175 g/mol. The van der Waals surface area contributed by atoms with Crippen LogP contribution in [0.2, 0.25) is 0 Å². The number of hydrogen-bond donors (Lipinski definition) is 0. The number of halogens is 1. The molecule has 1 heteroatoms. The van der Waals surface area contributed by atoms with Crippen molar-refractivity contribution in [3.05, 3.63) is 0 Å². The van der Waals surface area contributed by atoms with E-state index in [4.69, 9.17) is 0 Å². The lowest BCUT2D eigenvalue weighted by Crippen LogP contribution is -3.00. The largest absolute Gasteiger partial charge is 1.00 e. The highest BCUT2D eigenvalue weighted by Crippen LogP contribution is 1.81. The van der Waals surface area contributed by atoms with Crippen molar-refractivity contribution < 1.29 is 24.0 Å². The van der Waals surface area contributed by atoms with Crippen molar-refractivity contribution in [3.8, 4) is 0 Å². The first-order valence-corrected chi connectivity index (χ1v) is 1.73. The van der Waals surface area contributed by atoms with E-state index in [0.29, 0.717) is 0 Å². The summed E-state index contributed by atoms with van der Waals surface area (Å²) >= 11 is 0. The molecule has 0 unspecified atom stereocenters. The zero-order valence-electron chi connectivity index (χ0n) is 3.96. The monoisotopic (exact) mass is 185 g/mol. The predicted molar refractivity (Wildman–Crippen MR) is 20.5 cm³/mol. The highest BCUT2D eigenvalue weighted by molar-refractivity contribution is 4.20. The number of hydrogen-bond acceptors (Lipinski definition) is 0. The second-order valence-electron chi connectivity index (χ2n) is 1.73. The summed E-state index contributed by atoms with van der Waals surface area (Å²) in [6.45, 7) is 6.50. The quantitative estimate of drug-likeness (QED) is 0.410. The normalized spacial score (nSPS) is 7.20. The summed E-state index contributed by atoms with van der Waals surface area (Å²) in [6.07, 6.45) is 0. The maximum Gasteiger partial charge on any atom is -0.0500 e. The van der Waals surface area contributed by atoms with Crippen LogP contribution in [-0.2, 0) is 0 Å². The predicted octanol–water partition coefficient (Wildman–Crippen LogP) is -1.33. The lowest BCUT2D eigenvalue weighted by molar-refractivity contribution is -0.00000123. The Morgan fingerprint density at radius 1 is 1.00 bits per heavy atom. The van der Waals surface area contributed by atoms with Gasteiger partial charge in [0.05, 0.1) is 0 Å². The van der Waals surface area contributed by atoms with E-state index in [1.807, 2.05) is 0 Å². The fourth-order valence-corrected chi connectivity index (χ4v) is 0. The van der Waals surface area contributed by atoms with E-state index < -0.39 is 0 Å². The minimum atomic E-state index is 0. The third-order valence-corrected chi connectivity index (χ3v) is 0. The van der Waals surface area contributed by atoms with Crippen molar-refractivity contribution in [2.75, 3.05) is 0 Å². The van der Waals surface area contributed by atoms with Crippen LogP contribution in [0.25, 0.3) is 0 Å². The topological polar surface area (TPSA) is 0 Å². The van der Waals surface area contributed by atoms with Gasteiger partial charge in [-0.1, -0.05) is 20.8 Å². The first kappa shape index (κ1) is 9.21. The van der Waals surface area contributed by atoms with Gasteiger partial charge in [-0.05, 0) is 5.92 Å². The van der Waals surface area contributed by atoms with Crippen molar-refractivity contribution >= 4 is 0 Å². The summed E-state index contributed by atoms with van der Waals surface area (Å²) in [4.78, 5) is 0. The Balaban J connectivity index is 0. The van der Waals surface area contributed by atoms with Gasteiger partial charge in [-0.3, -0.25) is 0 Å². The Morgan fingerprint density at radius 3 is 1.00 bits per heavy atom. The third-order valence-electron chi connectivity index (χ3n) is 0. The standard InChI is InChI=1S/C4H10.HI/c1-4(2)3;/h4H,1-3H3;1H/p-1. The molecule has 0 aromatic rings. The van der Waals surface area contributed by atoms with Crippen LogP contribution in [0.3, 0.4) is 0 Å². The molecule has 0 saturated carbocycles. The molecule has 0 heterocycles. The summed E-state index contributed by atoms with van der Waals surface area (Å²) in [5, 5.41) is 0. The molecule has 5 heavy (non-hydrogen) atoms.